The Morgan fingerprint density at radius 3 is 2.67 bits per heavy atom. The molecular weight excluding hydrogens is 304 g/mol. The van der Waals surface area contributed by atoms with Gasteiger partial charge in [-0.25, -0.2) is 8.42 Å². The van der Waals surface area contributed by atoms with E-state index in [1.54, 1.807) is 18.2 Å². The summed E-state index contributed by atoms with van der Waals surface area (Å²) in [5.74, 6) is -0.330. The normalized spacial score (nSPS) is 13.9. The van der Waals surface area contributed by atoms with Gasteiger partial charge in [-0.2, -0.15) is 0 Å². The third-order valence-corrected chi connectivity index (χ3v) is 4.03. The van der Waals surface area contributed by atoms with Gasteiger partial charge in [0.05, 0.1) is 16.9 Å². The van der Waals surface area contributed by atoms with Crippen LogP contribution >= 0.6 is 27.5 Å². The van der Waals surface area contributed by atoms with Gasteiger partial charge in [0, 0.05) is 16.3 Å². The molecule has 1 aromatic carbocycles. The van der Waals surface area contributed by atoms with Crippen LogP contribution in [0.3, 0.4) is 0 Å². The second kappa shape index (κ2) is 4.82. The van der Waals surface area contributed by atoms with E-state index in [1.165, 1.54) is 0 Å². The van der Waals surface area contributed by atoms with Crippen molar-refractivity contribution in [1.29, 1.82) is 0 Å². The maximum absolute atomic E-state index is 11.0. The number of benzene rings is 1. The Morgan fingerprint density at radius 2 is 2.13 bits per heavy atom. The van der Waals surface area contributed by atoms with Gasteiger partial charge in [0.25, 0.3) is 0 Å². The first-order valence-corrected chi connectivity index (χ1v) is 7.34. The minimum atomic E-state index is -3.23. The smallest absolute Gasteiger partial charge is 0.150 e. The lowest BCUT2D eigenvalue weighted by Gasteiger charge is -2.12. The van der Waals surface area contributed by atoms with E-state index in [0.717, 1.165) is 6.26 Å². The number of sulfone groups is 1. The summed E-state index contributed by atoms with van der Waals surface area (Å²) in [6.45, 7) is 0. The number of hydrogen-bond acceptors (Lipinski definition) is 3. The lowest BCUT2D eigenvalue weighted by atomic mass is 10.1. The first-order valence-electron chi connectivity index (χ1n) is 4.11. The molecule has 0 amide bonds. The topological polar surface area (TPSA) is 54.4 Å². The third kappa shape index (κ3) is 3.75. The lowest BCUT2D eigenvalue weighted by Crippen LogP contribution is -2.13. The van der Waals surface area contributed by atoms with Gasteiger partial charge < -0.3 is 5.11 Å². The van der Waals surface area contributed by atoms with E-state index in [2.05, 4.69) is 15.9 Å². The molecule has 1 atom stereocenters. The van der Waals surface area contributed by atoms with Gasteiger partial charge in [-0.3, -0.25) is 0 Å². The molecule has 0 spiro atoms. The Kier molecular flexibility index (Phi) is 4.17. The van der Waals surface area contributed by atoms with Crippen LogP contribution in [-0.2, 0) is 9.84 Å². The molecule has 3 nitrogen and oxygen atoms in total. The average molecular weight is 314 g/mol. The number of aliphatic hydroxyl groups is 1. The van der Waals surface area contributed by atoms with Crippen molar-refractivity contribution in [3.05, 3.63) is 33.3 Å². The Balaban J connectivity index is 3.02. The highest BCUT2D eigenvalue weighted by Crippen LogP contribution is 2.30. The summed E-state index contributed by atoms with van der Waals surface area (Å²) in [4.78, 5) is 0. The quantitative estimate of drug-likeness (QED) is 0.930. The molecule has 0 saturated carbocycles. The van der Waals surface area contributed by atoms with Crippen molar-refractivity contribution in [2.75, 3.05) is 12.0 Å². The van der Waals surface area contributed by atoms with Gasteiger partial charge >= 0.3 is 0 Å². The fraction of sp³-hybridized carbons (Fsp3) is 0.333. The van der Waals surface area contributed by atoms with Gasteiger partial charge in [-0.05, 0) is 22.0 Å². The standard InChI is InChI=1S/C9H10BrClO3S/c1-15(13,14)5-8(12)6-3-2-4-7(10)9(6)11/h2-4,8,12H,5H2,1H3. The van der Waals surface area contributed by atoms with Crippen molar-refractivity contribution in [3.8, 4) is 0 Å². The van der Waals surface area contributed by atoms with Crippen LogP contribution < -0.4 is 0 Å². The van der Waals surface area contributed by atoms with E-state index in [1.807, 2.05) is 0 Å². The van der Waals surface area contributed by atoms with Gasteiger partial charge in [-0.15, -0.1) is 0 Å². The van der Waals surface area contributed by atoms with Crippen LogP contribution in [0.4, 0.5) is 0 Å². The van der Waals surface area contributed by atoms with E-state index in [9.17, 15) is 13.5 Å². The minimum Gasteiger partial charge on any atom is -0.387 e. The van der Waals surface area contributed by atoms with E-state index < -0.39 is 15.9 Å². The minimum absolute atomic E-state index is 0.330. The lowest BCUT2D eigenvalue weighted by molar-refractivity contribution is 0.202. The number of halogens is 2. The Hall–Kier alpha value is -0.100. The summed E-state index contributed by atoms with van der Waals surface area (Å²) in [6.07, 6.45) is -0.0211. The second-order valence-electron chi connectivity index (χ2n) is 3.25. The van der Waals surface area contributed by atoms with Crippen LogP contribution in [0, 0.1) is 0 Å². The Morgan fingerprint density at radius 1 is 1.53 bits per heavy atom. The summed E-state index contributed by atoms with van der Waals surface area (Å²) in [6, 6.07) is 5.01. The van der Waals surface area contributed by atoms with Crippen molar-refractivity contribution in [1.82, 2.24) is 0 Å². The summed E-state index contributed by atoms with van der Waals surface area (Å²) >= 11 is 9.12. The molecule has 0 bridgehead atoms. The monoisotopic (exact) mass is 312 g/mol. The second-order valence-corrected chi connectivity index (χ2v) is 6.67. The number of rotatable bonds is 3. The zero-order valence-electron chi connectivity index (χ0n) is 7.94. The maximum atomic E-state index is 11.0. The highest BCUT2D eigenvalue weighted by Gasteiger charge is 2.17. The van der Waals surface area contributed by atoms with E-state index in [0.29, 0.717) is 15.1 Å². The van der Waals surface area contributed by atoms with Crippen molar-refractivity contribution in [2.24, 2.45) is 0 Å². The van der Waals surface area contributed by atoms with Crippen LogP contribution in [0.1, 0.15) is 11.7 Å². The molecule has 0 radical (unpaired) electrons. The Labute approximate surface area is 102 Å². The number of aliphatic hydroxyl groups excluding tert-OH is 1. The average Bonchev–Trinajstić information content (AvgIpc) is 2.06. The van der Waals surface area contributed by atoms with Crippen LogP contribution in [-0.4, -0.2) is 25.5 Å². The van der Waals surface area contributed by atoms with Gasteiger partial charge in [0.15, 0.2) is 0 Å². The molecule has 1 rings (SSSR count). The molecule has 0 fully saturated rings. The van der Waals surface area contributed by atoms with Crippen LogP contribution in [0.5, 0.6) is 0 Å². The predicted octanol–water partition coefficient (Wildman–Crippen LogP) is 2.18. The Bertz CT molecular complexity index is 458. The maximum Gasteiger partial charge on any atom is 0.150 e. The molecule has 1 aromatic rings. The molecule has 0 aliphatic carbocycles. The summed E-state index contributed by atoms with van der Waals surface area (Å²) in [5, 5.41) is 10.0. The zero-order chi connectivity index (χ0) is 11.6. The molecule has 6 heteroatoms. The van der Waals surface area contributed by atoms with Crippen molar-refractivity contribution < 1.29 is 13.5 Å². The predicted molar refractivity (Wildman–Crippen MR) is 63.8 cm³/mol. The fourth-order valence-electron chi connectivity index (χ4n) is 1.15. The third-order valence-electron chi connectivity index (χ3n) is 1.80. The molecule has 1 N–H and O–H groups in total. The van der Waals surface area contributed by atoms with Crippen molar-refractivity contribution in [3.63, 3.8) is 0 Å². The number of hydrogen-bond donors (Lipinski definition) is 1. The van der Waals surface area contributed by atoms with Gasteiger partial charge in [-0.1, -0.05) is 23.7 Å². The highest BCUT2D eigenvalue weighted by atomic mass is 79.9. The first-order chi connectivity index (χ1) is 6.81. The fourth-order valence-corrected chi connectivity index (χ4v) is 2.54. The summed E-state index contributed by atoms with van der Waals surface area (Å²) < 4.78 is 22.6. The van der Waals surface area contributed by atoms with E-state index in [4.69, 9.17) is 11.6 Å². The molecule has 0 heterocycles. The molecule has 0 saturated heterocycles. The van der Waals surface area contributed by atoms with E-state index in [-0.39, 0.29) is 5.75 Å². The highest BCUT2D eigenvalue weighted by molar-refractivity contribution is 9.10. The summed E-state index contributed by atoms with van der Waals surface area (Å²) in [7, 11) is -3.23. The van der Waals surface area contributed by atoms with Gasteiger partial charge in [0.1, 0.15) is 9.84 Å². The molecule has 1 unspecified atom stereocenters. The zero-order valence-corrected chi connectivity index (χ0v) is 11.1. The molecule has 0 aliphatic rings. The SMILES string of the molecule is CS(=O)(=O)CC(O)c1cccc(Br)c1Cl. The van der Waals surface area contributed by atoms with Crippen LogP contribution in [0.15, 0.2) is 22.7 Å². The van der Waals surface area contributed by atoms with Crippen molar-refractivity contribution in [2.45, 2.75) is 6.10 Å². The molecular formula is C9H10BrClO3S. The van der Waals surface area contributed by atoms with Crippen LogP contribution in [0.25, 0.3) is 0 Å². The largest absolute Gasteiger partial charge is 0.387 e. The van der Waals surface area contributed by atoms with Crippen molar-refractivity contribution >= 4 is 37.4 Å². The first kappa shape index (κ1) is 13.0. The molecule has 0 aromatic heterocycles. The molecule has 84 valence electrons. The molecule has 15 heavy (non-hydrogen) atoms. The molecule has 0 aliphatic heterocycles. The van der Waals surface area contributed by atoms with Gasteiger partial charge in [0.2, 0.25) is 0 Å². The summed E-state index contributed by atoms with van der Waals surface area (Å²) in [5.41, 5.74) is 0.413. The van der Waals surface area contributed by atoms with E-state index >= 15 is 0 Å². The van der Waals surface area contributed by atoms with Crippen LogP contribution in [0.2, 0.25) is 5.02 Å².